The quantitative estimate of drug-likeness (QED) is 0.470. The van der Waals surface area contributed by atoms with Crippen LogP contribution in [0, 0.1) is 40.8 Å². The number of rotatable bonds is 0. The van der Waals surface area contributed by atoms with Crippen LogP contribution in [0.15, 0.2) is 0 Å². The van der Waals surface area contributed by atoms with Crippen molar-refractivity contribution in [2.45, 2.75) is 0 Å². The van der Waals surface area contributed by atoms with Crippen molar-refractivity contribution >= 4 is 19.4 Å². The van der Waals surface area contributed by atoms with Crippen LogP contribution in [0.5, 0.6) is 0 Å². The van der Waals surface area contributed by atoms with Crippen molar-refractivity contribution in [2.24, 2.45) is 0 Å². The average Bonchev–Trinajstić information content (AvgIpc) is 0. The molecule has 4 heteroatoms. The second-order valence-electron chi connectivity index (χ2n) is 0. The zero-order valence-corrected chi connectivity index (χ0v) is 4.99. The van der Waals surface area contributed by atoms with Gasteiger partial charge in [-0.15, -0.1) is 0 Å². The minimum atomic E-state index is 0. The van der Waals surface area contributed by atoms with E-state index in [9.17, 15) is 0 Å². The van der Waals surface area contributed by atoms with Crippen LogP contribution < -0.4 is 6.15 Å². The van der Waals surface area contributed by atoms with E-state index < -0.39 is 0 Å². The Morgan fingerprint density at radius 1 is 1.00 bits per heavy atom. The molecule has 0 heterocycles. The van der Waals surface area contributed by atoms with Crippen molar-refractivity contribution in [1.29, 1.82) is 0 Å². The Bertz CT molecular complexity index is 8.00. The van der Waals surface area contributed by atoms with Crippen molar-refractivity contribution in [3.63, 3.8) is 0 Å². The molecule has 0 saturated carbocycles. The summed E-state index contributed by atoms with van der Waals surface area (Å²) >= 11 is 0. The molecule has 4 heavy (non-hydrogen) atoms. The molecule has 0 saturated heterocycles. The molecule has 0 aromatic rings. The summed E-state index contributed by atoms with van der Waals surface area (Å²) in [5.74, 6) is 0. The van der Waals surface area contributed by atoms with Gasteiger partial charge in [-0.25, -0.2) is 0 Å². The fraction of sp³-hybridized carbons (Fsp3) is 0. The molecule has 0 atom stereocenters. The van der Waals surface area contributed by atoms with Gasteiger partial charge in [0, 0.05) is 49.3 Å². The molecule has 0 bridgehead atoms. The van der Waals surface area contributed by atoms with Crippen molar-refractivity contribution in [1.82, 2.24) is 6.15 Å². The fourth-order valence-electron chi connectivity index (χ4n) is 0. The Labute approximate surface area is 65.6 Å². The first-order valence-electron chi connectivity index (χ1n) is 0. The van der Waals surface area contributed by atoms with E-state index in [4.69, 9.17) is 0 Å². The summed E-state index contributed by atoms with van der Waals surface area (Å²) in [6.45, 7) is 0. The molecular formula is H7BNNdSi. The van der Waals surface area contributed by atoms with E-state index in [1.54, 1.807) is 0 Å². The molecule has 0 aromatic carbocycles. The predicted molar refractivity (Wildman–Crippen MR) is 22.1 cm³/mol. The topological polar surface area (TPSA) is 35.0 Å². The first-order chi connectivity index (χ1) is 0. The van der Waals surface area contributed by atoms with Gasteiger partial charge in [0.15, 0.2) is 0 Å². The summed E-state index contributed by atoms with van der Waals surface area (Å²) in [6.07, 6.45) is 0. The molecule has 0 aliphatic rings. The normalized spacial score (nSPS) is 0. The molecule has 0 amide bonds. The van der Waals surface area contributed by atoms with Gasteiger partial charge in [-0.1, -0.05) is 0 Å². The van der Waals surface area contributed by atoms with E-state index in [0.717, 1.165) is 0 Å². The van der Waals surface area contributed by atoms with Gasteiger partial charge in [-0.3, -0.25) is 0 Å². The SMILES string of the molecule is N.[B].[Nd].[SiH4]. The van der Waals surface area contributed by atoms with Crippen molar-refractivity contribution in [3.05, 3.63) is 0 Å². The Morgan fingerprint density at radius 2 is 1.00 bits per heavy atom. The van der Waals surface area contributed by atoms with Gasteiger partial charge in [0.2, 0.25) is 0 Å². The maximum Gasteiger partial charge on any atom is 0 e. The van der Waals surface area contributed by atoms with E-state index in [-0.39, 0.29) is 66.4 Å². The van der Waals surface area contributed by atoms with Gasteiger partial charge in [0.1, 0.15) is 0 Å². The zero-order chi connectivity index (χ0) is 0. The Balaban J connectivity index is 0. The molecule has 3 N–H and O–H groups in total. The Morgan fingerprint density at radius 3 is 1.00 bits per heavy atom. The minimum absolute atomic E-state index is 0. The molecule has 3 radical (unpaired) electrons. The zero-order valence-electron chi connectivity index (χ0n) is 1.78. The third-order valence-corrected chi connectivity index (χ3v) is 0. The summed E-state index contributed by atoms with van der Waals surface area (Å²) in [6, 6.07) is 0. The van der Waals surface area contributed by atoms with Crippen molar-refractivity contribution in [3.8, 4) is 0 Å². The molecule has 0 aliphatic carbocycles. The van der Waals surface area contributed by atoms with E-state index >= 15 is 0 Å². The molecule has 0 aliphatic heterocycles. The van der Waals surface area contributed by atoms with Gasteiger partial charge in [0.05, 0.1) is 0 Å². The van der Waals surface area contributed by atoms with E-state index in [1.807, 2.05) is 0 Å². The molecule has 0 fully saturated rings. The fourth-order valence-corrected chi connectivity index (χ4v) is 0. The van der Waals surface area contributed by atoms with E-state index in [1.165, 1.54) is 0 Å². The average molecular weight is 204 g/mol. The molecule has 0 unspecified atom stereocenters. The molecule has 1 nitrogen and oxygen atoms in total. The van der Waals surface area contributed by atoms with Gasteiger partial charge in [-0.05, 0) is 11.0 Å². The maximum absolute atomic E-state index is 0. The second-order valence-corrected chi connectivity index (χ2v) is 0. The molecule has 23 valence electrons. The molecule has 0 aromatic heterocycles. The largest absolute Gasteiger partial charge is 0.344 e. The van der Waals surface area contributed by atoms with Gasteiger partial charge in [0.25, 0.3) is 0 Å². The molecule has 0 spiro atoms. The van der Waals surface area contributed by atoms with Crippen LogP contribution in [0.2, 0.25) is 0 Å². The van der Waals surface area contributed by atoms with Crippen LogP contribution in [0.1, 0.15) is 0 Å². The summed E-state index contributed by atoms with van der Waals surface area (Å²) < 4.78 is 0. The third kappa shape index (κ3) is 9.52. The van der Waals surface area contributed by atoms with Crippen LogP contribution in [0.25, 0.3) is 0 Å². The first-order valence-corrected chi connectivity index (χ1v) is 0. The van der Waals surface area contributed by atoms with E-state index in [2.05, 4.69) is 0 Å². The molecular weight excluding hydrogens is 197 g/mol. The Hall–Kier alpha value is 1.59. The first kappa shape index (κ1) is 46.5. The van der Waals surface area contributed by atoms with Crippen LogP contribution in [0.4, 0.5) is 0 Å². The Kier molecular flexibility index (Phi) is 272. The van der Waals surface area contributed by atoms with Crippen LogP contribution in [0.3, 0.4) is 0 Å². The summed E-state index contributed by atoms with van der Waals surface area (Å²) in [7, 11) is 0. The summed E-state index contributed by atoms with van der Waals surface area (Å²) in [4.78, 5) is 0. The van der Waals surface area contributed by atoms with Gasteiger partial charge in [-0.2, -0.15) is 0 Å². The molecule has 0 rings (SSSR count). The van der Waals surface area contributed by atoms with E-state index in [0.29, 0.717) is 0 Å². The number of hydrogen-bond donors (Lipinski definition) is 1. The maximum atomic E-state index is 0. The third-order valence-electron chi connectivity index (χ3n) is 0. The van der Waals surface area contributed by atoms with Crippen molar-refractivity contribution < 1.29 is 40.8 Å². The number of hydrogen-bond acceptors (Lipinski definition) is 1. The second kappa shape index (κ2) is 23.4. The minimum Gasteiger partial charge on any atom is -0.344 e. The van der Waals surface area contributed by atoms with Crippen LogP contribution in [-0.2, 0) is 0 Å². The van der Waals surface area contributed by atoms with Crippen molar-refractivity contribution in [2.75, 3.05) is 0 Å². The monoisotopic (exact) mass is 202 g/mol. The van der Waals surface area contributed by atoms with Gasteiger partial charge >= 0.3 is 0 Å². The predicted octanol–water partition coefficient (Wildman–Crippen LogP) is -1.67. The standard InChI is InChI=1S/B.H3N.Nd.H4Si/h;1H3;;1H4. The smallest absolute Gasteiger partial charge is 0 e. The summed E-state index contributed by atoms with van der Waals surface area (Å²) in [5.41, 5.74) is 0. The van der Waals surface area contributed by atoms with Gasteiger partial charge < -0.3 is 6.15 Å². The van der Waals surface area contributed by atoms with Crippen LogP contribution >= 0.6 is 0 Å². The van der Waals surface area contributed by atoms with Crippen LogP contribution in [-0.4, -0.2) is 19.4 Å². The summed E-state index contributed by atoms with van der Waals surface area (Å²) in [5, 5.41) is 0.